The van der Waals surface area contributed by atoms with E-state index >= 15 is 0 Å². The molecule has 5 rings (SSSR count). The highest BCUT2D eigenvalue weighted by molar-refractivity contribution is 9.10. The first-order chi connectivity index (χ1) is 16.5. The molecule has 0 fully saturated rings. The predicted molar refractivity (Wildman–Crippen MR) is 130 cm³/mol. The average molecular weight is 520 g/mol. The molecule has 0 atom stereocenters. The second-order valence-corrected chi connectivity index (χ2v) is 8.44. The maximum Gasteiger partial charge on any atom is 0.439 e. The third-order valence-corrected chi connectivity index (χ3v) is 5.79. The molecule has 0 saturated carbocycles. The maximum atomic E-state index is 13.3. The Balaban J connectivity index is 1.46. The molecule has 0 aliphatic rings. The molecule has 0 aliphatic carbocycles. The number of hydrogen-bond donors (Lipinski definition) is 2. The third kappa shape index (κ3) is 4.23. The Labute approximate surface area is 201 Å². The number of aryl methyl sites for hydroxylation is 1. The van der Waals surface area contributed by atoms with Crippen LogP contribution in [0.4, 0.5) is 5.69 Å². The SMILES string of the molecule is Cn1c(C(=O)Nc2ccc(Br)cc2-c2noc(=O)[nH]2)cc2cccc(OCc3cccnc3)c21. The van der Waals surface area contributed by atoms with E-state index in [-0.39, 0.29) is 11.7 Å². The maximum absolute atomic E-state index is 13.3. The normalized spacial score (nSPS) is 11.0. The molecule has 0 spiro atoms. The number of fused-ring (bicyclic) bond motifs is 1. The Morgan fingerprint density at radius 3 is 2.85 bits per heavy atom. The van der Waals surface area contributed by atoms with Crippen molar-refractivity contribution in [2.24, 2.45) is 7.05 Å². The van der Waals surface area contributed by atoms with Crippen LogP contribution in [0.1, 0.15) is 16.1 Å². The zero-order valence-corrected chi connectivity index (χ0v) is 19.5. The van der Waals surface area contributed by atoms with Gasteiger partial charge in [-0.25, -0.2) is 4.79 Å². The van der Waals surface area contributed by atoms with Gasteiger partial charge in [-0.2, -0.15) is 0 Å². The van der Waals surface area contributed by atoms with E-state index in [1.54, 1.807) is 41.2 Å². The van der Waals surface area contributed by atoms with Crippen molar-refractivity contribution in [1.29, 1.82) is 0 Å². The Hall–Kier alpha value is -4.18. The number of amides is 1. The quantitative estimate of drug-likeness (QED) is 0.341. The van der Waals surface area contributed by atoms with Gasteiger partial charge in [-0.15, -0.1) is 0 Å². The number of para-hydroxylation sites is 1. The van der Waals surface area contributed by atoms with E-state index in [4.69, 9.17) is 4.74 Å². The molecule has 3 heterocycles. The molecule has 2 aromatic carbocycles. The summed E-state index contributed by atoms with van der Waals surface area (Å²) in [5, 5.41) is 7.51. The van der Waals surface area contributed by atoms with Crippen molar-refractivity contribution in [3.8, 4) is 17.1 Å². The van der Waals surface area contributed by atoms with Gasteiger partial charge in [-0.05, 0) is 36.4 Å². The lowest BCUT2D eigenvalue weighted by molar-refractivity contribution is 0.102. The van der Waals surface area contributed by atoms with Gasteiger partial charge in [0.2, 0.25) is 0 Å². The summed E-state index contributed by atoms with van der Waals surface area (Å²) in [6.07, 6.45) is 3.46. The van der Waals surface area contributed by atoms with E-state index < -0.39 is 5.76 Å². The molecular weight excluding hydrogens is 502 g/mol. The van der Waals surface area contributed by atoms with Crippen molar-refractivity contribution < 1.29 is 14.1 Å². The minimum atomic E-state index is -0.681. The molecule has 5 aromatic rings. The van der Waals surface area contributed by atoms with Gasteiger partial charge >= 0.3 is 5.76 Å². The zero-order chi connectivity index (χ0) is 23.7. The number of halogens is 1. The summed E-state index contributed by atoms with van der Waals surface area (Å²) in [6.45, 7) is 0.359. The third-order valence-electron chi connectivity index (χ3n) is 5.29. The highest BCUT2D eigenvalue weighted by Gasteiger charge is 2.19. The summed E-state index contributed by atoms with van der Waals surface area (Å²) < 4.78 is 13.2. The van der Waals surface area contributed by atoms with Crippen LogP contribution in [0.15, 0.2) is 80.8 Å². The number of rotatable bonds is 6. The number of H-pyrrole nitrogens is 1. The van der Waals surface area contributed by atoms with Crippen molar-refractivity contribution in [3.63, 3.8) is 0 Å². The van der Waals surface area contributed by atoms with Crippen LogP contribution >= 0.6 is 15.9 Å². The number of nitrogens with zero attached hydrogens (tertiary/aromatic N) is 3. The second-order valence-electron chi connectivity index (χ2n) is 7.52. The van der Waals surface area contributed by atoms with Gasteiger partial charge in [0.1, 0.15) is 18.1 Å². The van der Waals surface area contributed by atoms with Crippen LogP contribution in [0, 0.1) is 0 Å². The highest BCUT2D eigenvalue weighted by Crippen LogP contribution is 2.31. The van der Waals surface area contributed by atoms with Crippen molar-refractivity contribution in [2.45, 2.75) is 6.61 Å². The fourth-order valence-corrected chi connectivity index (χ4v) is 4.07. The standard InChI is InChI=1S/C24H18BrN5O4/c1-30-19(10-15-5-2-6-20(21(15)30)33-13-14-4-3-9-26-12-14)23(31)27-18-8-7-16(25)11-17(18)22-28-24(32)34-29-22/h2-12H,13H2,1H3,(H,27,31)(H,28,29,32). The molecule has 0 unspecified atom stereocenters. The number of nitrogens with one attached hydrogen (secondary N) is 2. The van der Waals surface area contributed by atoms with Crippen molar-refractivity contribution in [2.75, 3.05) is 5.32 Å². The van der Waals surface area contributed by atoms with Gasteiger partial charge in [-0.3, -0.25) is 19.3 Å². The first kappa shape index (κ1) is 21.7. The van der Waals surface area contributed by atoms with E-state index in [9.17, 15) is 9.59 Å². The van der Waals surface area contributed by atoms with Crippen LogP contribution < -0.4 is 15.8 Å². The number of aromatic nitrogens is 4. The summed E-state index contributed by atoms with van der Waals surface area (Å²) in [5.74, 6) is -0.136. The number of aromatic amines is 1. The molecule has 0 saturated heterocycles. The fraction of sp³-hybridized carbons (Fsp3) is 0.0833. The molecule has 170 valence electrons. The molecule has 34 heavy (non-hydrogen) atoms. The topological polar surface area (TPSA) is 115 Å². The molecular formula is C24H18BrN5O4. The first-order valence-corrected chi connectivity index (χ1v) is 11.1. The molecule has 3 aromatic heterocycles. The zero-order valence-electron chi connectivity index (χ0n) is 17.9. The average Bonchev–Trinajstić information content (AvgIpc) is 3.43. The van der Waals surface area contributed by atoms with Crippen LogP contribution in [0.25, 0.3) is 22.3 Å². The lowest BCUT2D eigenvalue weighted by Gasteiger charge is -2.12. The number of anilines is 1. The summed E-state index contributed by atoms with van der Waals surface area (Å²) in [4.78, 5) is 31.3. The van der Waals surface area contributed by atoms with Gasteiger partial charge in [0.25, 0.3) is 5.91 Å². The number of ether oxygens (including phenoxy) is 1. The van der Waals surface area contributed by atoms with E-state index in [1.807, 2.05) is 37.4 Å². The number of carbonyl (C=O) groups is 1. The summed E-state index contributed by atoms with van der Waals surface area (Å²) in [7, 11) is 1.81. The molecule has 0 radical (unpaired) electrons. The summed E-state index contributed by atoms with van der Waals surface area (Å²) >= 11 is 3.40. The summed E-state index contributed by atoms with van der Waals surface area (Å²) in [5.41, 5.74) is 3.16. The molecule has 9 nitrogen and oxygen atoms in total. The van der Waals surface area contributed by atoms with E-state index in [1.165, 1.54) is 0 Å². The van der Waals surface area contributed by atoms with Crippen LogP contribution in [-0.4, -0.2) is 25.6 Å². The monoisotopic (exact) mass is 519 g/mol. The van der Waals surface area contributed by atoms with Gasteiger partial charge in [0, 0.05) is 40.4 Å². The number of carbonyl (C=O) groups excluding carboxylic acids is 1. The largest absolute Gasteiger partial charge is 0.487 e. The van der Waals surface area contributed by atoms with E-state index in [0.717, 1.165) is 20.9 Å². The smallest absolute Gasteiger partial charge is 0.439 e. The van der Waals surface area contributed by atoms with Crippen molar-refractivity contribution in [3.05, 3.63) is 93.3 Å². The number of benzene rings is 2. The van der Waals surface area contributed by atoms with Crippen molar-refractivity contribution >= 4 is 38.4 Å². The molecule has 10 heteroatoms. The van der Waals surface area contributed by atoms with Crippen LogP contribution in [0.2, 0.25) is 0 Å². The molecule has 0 bridgehead atoms. The molecule has 2 N–H and O–H groups in total. The first-order valence-electron chi connectivity index (χ1n) is 10.3. The van der Waals surface area contributed by atoms with Gasteiger partial charge in [-0.1, -0.05) is 39.3 Å². The Morgan fingerprint density at radius 1 is 1.21 bits per heavy atom. The molecule has 1 amide bonds. The Bertz CT molecular complexity index is 1550. The fourth-order valence-electron chi connectivity index (χ4n) is 3.71. The van der Waals surface area contributed by atoms with Gasteiger partial charge in [0.05, 0.1) is 11.2 Å². The minimum absolute atomic E-state index is 0.213. The van der Waals surface area contributed by atoms with Crippen LogP contribution in [0.5, 0.6) is 5.75 Å². The van der Waals surface area contributed by atoms with Gasteiger partial charge in [0.15, 0.2) is 5.82 Å². The second kappa shape index (κ2) is 8.99. The lowest BCUT2D eigenvalue weighted by Crippen LogP contribution is -2.16. The minimum Gasteiger partial charge on any atom is -0.487 e. The predicted octanol–water partition coefficient (Wildman–Crippen LogP) is 4.51. The summed E-state index contributed by atoms with van der Waals surface area (Å²) in [6, 6.07) is 16.5. The van der Waals surface area contributed by atoms with Crippen LogP contribution in [0.3, 0.4) is 0 Å². The van der Waals surface area contributed by atoms with Crippen LogP contribution in [-0.2, 0) is 13.7 Å². The van der Waals surface area contributed by atoms with E-state index in [0.29, 0.717) is 29.3 Å². The van der Waals surface area contributed by atoms with Crippen molar-refractivity contribution in [1.82, 2.24) is 19.7 Å². The Kier molecular flexibility index (Phi) is 5.72. The van der Waals surface area contributed by atoms with E-state index in [2.05, 4.69) is 40.9 Å². The number of pyridine rings is 1. The number of hydrogen-bond acceptors (Lipinski definition) is 6. The Morgan fingerprint density at radius 2 is 2.09 bits per heavy atom. The lowest BCUT2D eigenvalue weighted by atomic mass is 10.1. The highest BCUT2D eigenvalue weighted by atomic mass is 79.9. The molecule has 0 aliphatic heterocycles. The van der Waals surface area contributed by atoms with Gasteiger partial charge < -0.3 is 14.6 Å².